The van der Waals surface area contributed by atoms with Crippen molar-refractivity contribution >= 4 is 45.2 Å². The fraction of sp³-hybridized carbons (Fsp3) is 0.174. The number of fused-ring (bicyclic) bond motifs is 1. The first-order chi connectivity index (χ1) is 14.0. The van der Waals surface area contributed by atoms with Gasteiger partial charge in [0.05, 0.1) is 32.2 Å². The first-order valence-electron chi connectivity index (χ1n) is 9.45. The van der Waals surface area contributed by atoms with E-state index in [1.165, 1.54) is 9.75 Å². The van der Waals surface area contributed by atoms with Crippen LogP contribution in [0.15, 0.2) is 59.7 Å². The number of nitrogens with one attached hydrogen (secondary N) is 1. The van der Waals surface area contributed by atoms with Crippen LogP contribution in [0.1, 0.15) is 38.3 Å². The number of carbonyl (C=O) groups excluding carboxylic acids is 1. The van der Waals surface area contributed by atoms with Crippen LogP contribution < -0.4 is 5.43 Å². The molecule has 0 bridgehead atoms. The molecular formula is C23H21N3OS2. The van der Waals surface area contributed by atoms with Crippen LogP contribution in [0.25, 0.3) is 21.5 Å². The van der Waals surface area contributed by atoms with Gasteiger partial charge in [0.25, 0.3) is 5.91 Å². The van der Waals surface area contributed by atoms with Crippen molar-refractivity contribution in [3.63, 3.8) is 0 Å². The molecule has 3 heterocycles. The summed E-state index contributed by atoms with van der Waals surface area (Å²) in [6, 6.07) is 17.8. The Labute approximate surface area is 177 Å². The van der Waals surface area contributed by atoms with Gasteiger partial charge in [0.1, 0.15) is 0 Å². The zero-order valence-corrected chi connectivity index (χ0v) is 18.2. The second-order valence-electron chi connectivity index (χ2n) is 6.75. The number of thiophene rings is 2. The number of hydrogen-bond donors (Lipinski definition) is 1. The Morgan fingerprint density at radius 2 is 1.79 bits per heavy atom. The average Bonchev–Trinajstić information content (AvgIpc) is 3.36. The van der Waals surface area contributed by atoms with Gasteiger partial charge in [0.15, 0.2) is 0 Å². The molecule has 0 spiro atoms. The fourth-order valence-electron chi connectivity index (χ4n) is 3.14. The number of rotatable bonds is 5. The molecule has 4 nitrogen and oxygen atoms in total. The molecule has 0 aliphatic carbocycles. The van der Waals surface area contributed by atoms with E-state index in [1.807, 2.05) is 49.4 Å². The monoisotopic (exact) mass is 419 g/mol. The van der Waals surface area contributed by atoms with Gasteiger partial charge in [-0.2, -0.15) is 5.10 Å². The van der Waals surface area contributed by atoms with E-state index in [-0.39, 0.29) is 5.91 Å². The number of carbonyl (C=O) groups is 1. The summed E-state index contributed by atoms with van der Waals surface area (Å²) in [5, 5.41) is 5.25. The predicted molar refractivity (Wildman–Crippen MR) is 123 cm³/mol. The van der Waals surface area contributed by atoms with E-state index in [0.717, 1.165) is 38.5 Å². The number of para-hydroxylation sites is 1. The van der Waals surface area contributed by atoms with E-state index in [4.69, 9.17) is 4.98 Å². The summed E-state index contributed by atoms with van der Waals surface area (Å²) in [6.07, 6.45) is 0.747. The molecular weight excluding hydrogens is 398 g/mol. The topological polar surface area (TPSA) is 54.4 Å². The van der Waals surface area contributed by atoms with Crippen LogP contribution in [-0.2, 0) is 0 Å². The Morgan fingerprint density at radius 1 is 1.03 bits per heavy atom. The van der Waals surface area contributed by atoms with Gasteiger partial charge in [-0.1, -0.05) is 25.1 Å². The predicted octanol–water partition coefficient (Wildman–Crippen LogP) is 6.19. The summed E-state index contributed by atoms with van der Waals surface area (Å²) >= 11 is 3.35. The fourth-order valence-corrected chi connectivity index (χ4v) is 4.89. The Balaban J connectivity index is 1.72. The molecule has 4 rings (SSSR count). The third-order valence-electron chi connectivity index (χ3n) is 4.61. The second-order valence-corrected chi connectivity index (χ2v) is 9.32. The third kappa shape index (κ3) is 4.13. The molecule has 4 aromatic rings. The molecule has 146 valence electrons. The zero-order chi connectivity index (χ0) is 20.4. The van der Waals surface area contributed by atoms with Crippen LogP contribution in [0.4, 0.5) is 0 Å². The molecule has 0 aliphatic rings. The Bertz CT molecular complexity index is 1220. The normalized spacial score (nSPS) is 11.8. The van der Waals surface area contributed by atoms with Gasteiger partial charge in [-0.25, -0.2) is 10.4 Å². The molecule has 29 heavy (non-hydrogen) atoms. The summed E-state index contributed by atoms with van der Waals surface area (Å²) in [7, 11) is 0. The van der Waals surface area contributed by atoms with Gasteiger partial charge in [0, 0.05) is 15.1 Å². The number of aromatic nitrogens is 1. The van der Waals surface area contributed by atoms with E-state index in [1.54, 1.807) is 22.7 Å². The van der Waals surface area contributed by atoms with E-state index in [2.05, 4.69) is 36.5 Å². The maximum atomic E-state index is 13.1. The Hall–Kier alpha value is -2.83. The summed E-state index contributed by atoms with van der Waals surface area (Å²) < 4.78 is 0. The number of benzene rings is 1. The maximum absolute atomic E-state index is 13.1. The molecule has 0 saturated heterocycles. The SMILES string of the molecule is CCC(=NNC(=O)c1cc(-c2ccc(C)s2)nc2ccccc12)c1ccc(C)s1. The van der Waals surface area contributed by atoms with Gasteiger partial charge in [-0.3, -0.25) is 4.79 Å². The highest BCUT2D eigenvalue weighted by molar-refractivity contribution is 7.15. The summed E-state index contributed by atoms with van der Waals surface area (Å²) in [4.78, 5) is 22.4. The van der Waals surface area contributed by atoms with Crippen LogP contribution in [-0.4, -0.2) is 16.6 Å². The number of nitrogens with zero attached hydrogens (tertiary/aromatic N) is 2. The third-order valence-corrected chi connectivity index (χ3v) is 6.68. The summed E-state index contributed by atoms with van der Waals surface area (Å²) in [5.41, 5.74) is 5.83. The van der Waals surface area contributed by atoms with Crippen LogP contribution in [0.2, 0.25) is 0 Å². The van der Waals surface area contributed by atoms with Crippen molar-refractivity contribution in [2.75, 3.05) is 0 Å². The lowest BCUT2D eigenvalue weighted by Crippen LogP contribution is -2.20. The minimum atomic E-state index is -0.225. The maximum Gasteiger partial charge on any atom is 0.272 e. The van der Waals surface area contributed by atoms with Crippen molar-refractivity contribution in [3.8, 4) is 10.6 Å². The van der Waals surface area contributed by atoms with E-state index >= 15 is 0 Å². The molecule has 0 unspecified atom stereocenters. The van der Waals surface area contributed by atoms with Crippen LogP contribution in [0, 0.1) is 13.8 Å². The standard InChI is InChI=1S/C23H21N3OS2/c1-4-18(21-11-9-14(2)28-21)25-26-23(27)17-13-20(22-12-10-15(3)29-22)24-19-8-6-5-7-16(17)19/h5-13H,4H2,1-3H3,(H,26,27). The van der Waals surface area contributed by atoms with Gasteiger partial charge >= 0.3 is 0 Å². The first kappa shape index (κ1) is 19.5. The van der Waals surface area contributed by atoms with E-state index in [9.17, 15) is 4.79 Å². The van der Waals surface area contributed by atoms with Crippen LogP contribution in [0.3, 0.4) is 0 Å². The van der Waals surface area contributed by atoms with Crippen molar-refractivity contribution in [1.82, 2.24) is 10.4 Å². The average molecular weight is 420 g/mol. The Morgan fingerprint density at radius 3 is 2.48 bits per heavy atom. The van der Waals surface area contributed by atoms with E-state index < -0.39 is 0 Å². The lowest BCUT2D eigenvalue weighted by atomic mass is 10.1. The van der Waals surface area contributed by atoms with Crippen molar-refractivity contribution < 1.29 is 4.79 Å². The minimum absolute atomic E-state index is 0.225. The molecule has 1 aromatic carbocycles. The van der Waals surface area contributed by atoms with Crippen LogP contribution >= 0.6 is 22.7 Å². The quantitative estimate of drug-likeness (QED) is 0.310. The van der Waals surface area contributed by atoms with Gasteiger partial charge in [-0.15, -0.1) is 22.7 Å². The summed E-state index contributed by atoms with van der Waals surface area (Å²) in [6.45, 7) is 6.17. The second kappa shape index (κ2) is 8.27. The number of amides is 1. The highest BCUT2D eigenvalue weighted by Gasteiger charge is 2.15. The number of hydrogen-bond acceptors (Lipinski definition) is 5. The lowest BCUT2D eigenvalue weighted by Gasteiger charge is -2.09. The molecule has 0 fully saturated rings. The summed E-state index contributed by atoms with van der Waals surface area (Å²) in [5.74, 6) is -0.225. The number of hydrazone groups is 1. The molecule has 0 aliphatic heterocycles. The van der Waals surface area contributed by atoms with Crippen molar-refractivity contribution in [2.45, 2.75) is 27.2 Å². The van der Waals surface area contributed by atoms with Gasteiger partial charge < -0.3 is 0 Å². The molecule has 3 aromatic heterocycles. The minimum Gasteiger partial charge on any atom is -0.267 e. The number of aryl methyl sites for hydroxylation is 2. The van der Waals surface area contributed by atoms with Crippen molar-refractivity contribution in [1.29, 1.82) is 0 Å². The molecule has 0 saturated carbocycles. The highest BCUT2D eigenvalue weighted by atomic mass is 32.1. The van der Waals surface area contributed by atoms with E-state index in [0.29, 0.717) is 5.56 Å². The van der Waals surface area contributed by atoms with Crippen molar-refractivity contribution in [3.05, 3.63) is 74.8 Å². The van der Waals surface area contributed by atoms with Crippen LogP contribution in [0.5, 0.6) is 0 Å². The largest absolute Gasteiger partial charge is 0.272 e. The molecule has 1 amide bonds. The lowest BCUT2D eigenvalue weighted by molar-refractivity contribution is 0.0956. The Kier molecular flexibility index (Phi) is 5.56. The smallest absolute Gasteiger partial charge is 0.267 e. The first-order valence-corrected chi connectivity index (χ1v) is 11.1. The molecule has 6 heteroatoms. The zero-order valence-electron chi connectivity index (χ0n) is 16.5. The molecule has 0 atom stereocenters. The van der Waals surface area contributed by atoms with Gasteiger partial charge in [-0.05, 0) is 56.7 Å². The van der Waals surface area contributed by atoms with Gasteiger partial charge in [0.2, 0.25) is 0 Å². The highest BCUT2D eigenvalue weighted by Crippen LogP contribution is 2.30. The molecule has 1 N–H and O–H groups in total. The van der Waals surface area contributed by atoms with Crippen molar-refractivity contribution in [2.24, 2.45) is 5.10 Å². The molecule has 0 radical (unpaired) electrons. The number of pyridine rings is 1.